The van der Waals surface area contributed by atoms with Crippen molar-refractivity contribution in [2.75, 3.05) is 6.54 Å². The first kappa shape index (κ1) is 23.1. The fourth-order valence-corrected chi connectivity index (χ4v) is 3.70. The molecule has 4 rings (SSSR count). The molecule has 2 nitrogen and oxygen atoms in total. The van der Waals surface area contributed by atoms with Crippen LogP contribution in [0.4, 0.5) is 0 Å². The summed E-state index contributed by atoms with van der Waals surface area (Å²) in [4.78, 5) is 0. The third-order valence-electron chi connectivity index (χ3n) is 5.32. The number of hydrogen-bond donors (Lipinski definition) is 1. The second-order valence-electron chi connectivity index (χ2n) is 7.59. The number of ether oxygens (including phenoxy) is 1. The molecule has 0 saturated heterocycles. The molecule has 0 unspecified atom stereocenters. The summed E-state index contributed by atoms with van der Waals surface area (Å²) in [5.74, 6) is 0.938. The largest absolute Gasteiger partial charge is 0.489 e. The Bertz CT molecular complexity index is 1110. The molecule has 0 spiro atoms. The number of fused-ring (bicyclic) bond motifs is 1. The van der Waals surface area contributed by atoms with Gasteiger partial charge in [-0.1, -0.05) is 83.9 Å². The van der Waals surface area contributed by atoms with Gasteiger partial charge in [-0.25, -0.2) is 0 Å². The zero-order valence-electron chi connectivity index (χ0n) is 17.6. The van der Waals surface area contributed by atoms with Crippen molar-refractivity contribution in [1.29, 1.82) is 0 Å². The minimum atomic E-state index is 0. The normalized spacial score (nSPS) is 10.6. The first-order valence-corrected chi connectivity index (χ1v) is 10.7. The van der Waals surface area contributed by atoms with E-state index >= 15 is 0 Å². The van der Waals surface area contributed by atoms with Crippen molar-refractivity contribution < 1.29 is 4.74 Å². The molecule has 1 N–H and O–H groups in total. The van der Waals surface area contributed by atoms with Gasteiger partial charge in [0.05, 0.1) is 0 Å². The Morgan fingerprint density at radius 2 is 1.52 bits per heavy atom. The number of nitrogens with one attached hydrogen (secondary N) is 1. The number of rotatable bonds is 8. The molecule has 0 amide bonds. The van der Waals surface area contributed by atoms with E-state index in [0.717, 1.165) is 30.3 Å². The van der Waals surface area contributed by atoms with Gasteiger partial charge in [0.2, 0.25) is 0 Å². The first-order valence-electron chi connectivity index (χ1n) is 10.3. The lowest BCUT2D eigenvalue weighted by Gasteiger charge is -2.15. The van der Waals surface area contributed by atoms with Crippen LogP contribution in [-0.4, -0.2) is 6.54 Å². The van der Waals surface area contributed by atoms with Gasteiger partial charge < -0.3 is 10.1 Å². The molecule has 0 saturated carbocycles. The molecular formula is C27H27Cl2NO. The molecule has 0 fully saturated rings. The van der Waals surface area contributed by atoms with Crippen molar-refractivity contribution in [3.8, 4) is 5.75 Å². The van der Waals surface area contributed by atoms with E-state index in [9.17, 15) is 0 Å². The van der Waals surface area contributed by atoms with Crippen LogP contribution in [0.2, 0.25) is 5.02 Å². The van der Waals surface area contributed by atoms with Crippen LogP contribution in [0.3, 0.4) is 0 Å². The van der Waals surface area contributed by atoms with E-state index in [4.69, 9.17) is 16.3 Å². The van der Waals surface area contributed by atoms with Crippen LogP contribution in [0.5, 0.6) is 5.75 Å². The number of halogens is 2. The van der Waals surface area contributed by atoms with E-state index in [2.05, 4.69) is 85.0 Å². The second kappa shape index (κ2) is 11.2. The highest BCUT2D eigenvalue weighted by Gasteiger charge is 2.09. The number of aryl methyl sites for hydroxylation is 1. The summed E-state index contributed by atoms with van der Waals surface area (Å²) >= 11 is 5.98. The molecule has 0 aliphatic rings. The molecule has 4 heteroatoms. The topological polar surface area (TPSA) is 21.3 Å². The Morgan fingerprint density at radius 1 is 0.806 bits per heavy atom. The van der Waals surface area contributed by atoms with Gasteiger partial charge in [-0.05, 0) is 60.0 Å². The van der Waals surface area contributed by atoms with Crippen LogP contribution >= 0.6 is 24.0 Å². The monoisotopic (exact) mass is 451 g/mol. The van der Waals surface area contributed by atoms with E-state index < -0.39 is 0 Å². The summed E-state index contributed by atoms with van der Waals surface area (Å²) in [6.45, 7) is 4.32. The summed E-state index contributed by atoms with van der Waals surface area (Å²) in [6, 6.07) is 29.3. The predicted molar refractivity (Wildman–Crippen MR) is 134 cm³/mol. The molecule has 4 aromatic rings. The van der Waals surface area contributed by atoms with Crippen molar-refractivity contribution in [3.05, 3.63) is 112 Å². The highest BCUT2D eigenvalue weighted by molar-refractivity contribution is 6.30. The minimum Gasteiger partial charge on any atom is -0.489 e. The molecule has 0 heterocycles. The Balaban J connectivity index is 0.00000272. The van der Waals surface area contributed by atoms with Gasteiger partial charge in [0.1, 0.15) is 12.4 Å². The Labute approximate surface area is 195 Å². The Morgan fingerprint density at radius 3 is 2.29 bits per heavy atom. The molecule has 0 atom stereocenters. The molecular weight excluding hydrogens is 425 g/mol. The van der Waals surface area contributed by atoms with E-state index in [1.165, 1.54) is 33.0 Å². The van der Waals surface area contributed by atoms with E-state index in [1.807, 2.05) is 12.1 Å². The van der Waals surface area contributed by atoms with Gasteiger partial charge in [0, 0.05) is 17.1 Å². The van der Waals surface area contributed by atoms with Crippen LogP contribution in [0.1, 0.15) is 22.3 Å². The Hall–Kier alpha value is -2.52. The number of benzene rings is 4. The third kappa shape index (κ3) is 6.24. The van der Waals surface area contributed by atoms with Crippen molar-refractivity contribution in [3.63, 3.8) is 0 Å². The van der Waals surface area contributed by atoms with Crippen molar-refractivity contribution >= 4 is 34.8 Å². The molecule has 0 aliphatic heterocycles. The van der Waals surface area contributed by atoms with Crippen LogP contribution in [0.25, 0.3) is 10.8 Å². The lowest BCUT2D eigenvalue weighted by atomic mass is 10.0. The highest BCUT2D eigenvalue weighted by atomic mass is 35.5. The third-order valence-corrected chi connectivity index (χ3v) is 5.57. The highest BCUT2D eigenvalue weighted by Crippen LogP contribution is 2.29. The van der Waals surface area contributed by atoms with Crippen LogP contribution in [-0.2, 0) is 19.6 Å². The van der Waals surface area contributed by atoms with Crippen LogP contribution < -0.4 is 10.1 Å². The average molecular weight is 452 g/mol. The molecule has 0 radical (unpaired) electrons. The maximum Gasteiger partial charge on any atom is 0.124 e. The Kier molecular flexibility index (Phi) is 8.36. The zero-order chi connectivity index (χ0) is 20.8. The van der Waals surface area contributed by atoms with E-state index in [-0.39, 0.29) is 12.4 Å². The van der Waals surface area contributed by atoms with Gasteiger partial charge in [-0.2, -0.15) is 0 Å². The van der Waals surface area contributed by atoms with E-state index in [1.54, 1.807) is 0 Å². The molecule has 160 valence electrons. The van der Waals surface area contributed by atoms with Gasteiger partial charge in [0.15, 0.2) is 0 Å². The molecule has 0 bridgehead atoms. The van der Waals surface area contributed by atoms with Crippen molar-refractivity contribution in [2.45, 2.75) is 26.5 Å². The quantitative estimate of drug-likeness (QED) is 0.287. The number of hydrogen-bond acceptors (Lipinski definition) is 2. The smallest absolute Gasteiger partial charge is 0.124 e. The standard InChI is InChI=1S/C27H26ClNO.ClH/c1-20-6-8-22(9-7-20)19-30-27-15-12-23-4-2-3-5-25(23)26(27)18-29-17-16-21-10-13-24(28)14-11-21;/h2-15,29H,16-19H2,1H3;1H. The lowest BCUT2D eigenvalue weighted by molar-refractivity contribution is 0.303. The van der Waals surface area contributed by atoms with Gasteiger partial charge in [-0.15, -0.1) is 12.4 Å². The molecule has 0 aromatic heterocycles. The maximum atomic E-state index is 6.25. The zero-order valence-corrected chi connectivity index (χ0v) is 19.2. The van der Waals surface area contributed by atoms with Crippen LogP contribution in [0.15, 0.2) is 84.9 Å². The fourth-order valence-electron chi connectivity index (χ4n) is 3.58. The van der Waals surface area contributed by atoms with Crippen molar-refractivity contribution in [1.82, 2.24) is 5.32 Å². The first-order chi connectivity index (χ1) is 14.7. The summed E-state index contributed by atoms with van der Waals surface area (Å²) in [5, 5.41) is 6.83. The fraction of sp³-hybridized carbons (Fsp3) is 0.185. The lowest BCUT2D eigenvalue weighted by Crippen LogP contribution is -2.17. The molecule has 31 heavy (non-hydrogen) atoms. The van der Waals surface area contributed by atoms with Gasteiger partial charge in [-0.3, -0.25) is 0 Å². The summed E-state index contributed by atoms with van der Waals surface area (Å²) in [7, 11) is 0. The van der Waals surface area contributed by atoms with E-state index in [0.29, 0.717) is 6.61 Å². The summed E-state index contributed by atoms with van der Waals surface area (Å²) < 4.78 is 6.25. The SMILES string of the molecule is Cc1ccc(COc2ccc3ccccc3c2CNCCc2ccc(Cl)cc2)cc1.Cl. The van der Waals surface area contributed by atoms with Gasteiger partial charge >= 0.3 is 0 Å². The molecule has 4 aromatic carbocycles. The van der Waals surface area contributed by atoms with Crippen molar-refractivity contribution in [2.24, 2.45) is 0 Å². The van der Waals surface area contributed by atoms with Gasteiger partial charge in [0.25, 0.3) is 0 Å². The predicted octanol–water partition coefficient (Wildman–Crippen LogP) is 7.13. The average Bonchev–Trinajstić information content (AvgIpc) is 2.78. The summed E-state index contributed by atoms with van der Waals surface area (Å²) in [6.07, 6.45) is 0.960. The maximum absolute atomic E-state index is 6.25. The second-order valence-corrected chi connectivity index (χ2v) is 8.03. The van der Waals surface area contributed by atoms with Crippen LogP contribution in [0, 0.1) is 6.92 Å². The minimum absolute atomic E-state index is 0. The molecule has 0 aliphatic carbocycles. The summed E-state index contributed by atoms with van der Waals surface area (Å²) in [5.41, 5.74) is 4.92.